The van der Waals surface area contributed by atoms with Gasteiger partial charge in [-0.3, -0.25) is 9.59 Å². The Morgan fingerprint density at radius 2 is 1.03 bits per heavy atom. The highest BCUT2D eigenvalue weighted by atomic mass is 16.7. The summed E-state index contributed by atoms with van der Waals surface area (Å²) in [7, 11) is 0. The number of aliphatic hydroxyl groups excluding tert-OH is 5. The lowest BCUT2D eigenvalue weighted by atomic mass is 9.99. The van der Waals surface area contributed by atoms with E-state index in [9.17, 15) is 35.1 Å². The van der Waals surface area contributed by atoms with Gasteiger partial charge in [0.15, 0.2) is 6.29 Å². The summed E-state index contributed by atoms with van der Waals surface area (Å²) in [5.74, 6) is -0.266. The summed E-state index contributed by atoms with van der Waals surface area (Å²) in [5.41, 5.74) is 0. The first kappa shape index (κ1) is 60.6. The van der Waals surface area contributed by atoms with Crippen LogP contribution in [0.3, 0.4) is 0 Å². The summed E-state index contributed by atoms with van der Waals surface area (Å²) in [4.78, 5) is 25.0. The Morgan fingerprint density at radius 3 is 1.62 bits per heavy atom. The average Bonchev–Trinajstić information content (AvgIpc) is 3.30. The lowest BCUT2D eigenvalue weighted by Gasteiger charge is -2.40. The molecule has 0 aliphatic carbocycles. The normalized spacial score (nSPS) is 20.1. The SMILES string of the molecule is CCCCC/C=C\C/C=C\CCCCCCCC(=O)OCCCCCCCC/C=C\CCCCCC(=O)NC(COC1OC(CO)C(O)C(O)C1O)C(O)/C=C/CCCCCCCCC. The van der Waals surface area contributed by atoms with Crippen molar-refractivity contribution in [2.45, 2.75) is 262 Å². The fourth-order valence-electron chi connectivity index (χ4n) is 7.87. The minimum Gasteiger partial charge on any atom is -0.466 e. The van der Waals surface area contributed by atoms with Crippen molar-refractivity contribution in [3.05, 3.63) is 48.6 Å². The third kappa shape index (κ3) is 34.6. The van der Waals surface area contributed by atoms with E-state index in [0.29, 0.717) is 25.9 Å². The predicted molar refractivity (Wildman–Crippen MR) is 264 cm³/mol. The van der Waals surface area contributed by atoms with Gasteiger partial charge in [0.05, 0.1) is 32.0 Å². The second kappa shape index (κ2) is 44.1. The van der Waals surface area contributed by atoms with Crippen molar-refractivity contribution >= 4 is 11.9 Å². The number of allylic oxidation sites excluding steroid dienone is 7. The third-order valence-corrected chi connectivity index (χ3v) is 12.2. The van der Waals surface area contributed by atoms with Crippen LogP contribution in [-0.4, -0.2) is 100 Å². The maximum atomic E-state index is 12.9. The molecule has 1 rings (SSSR count). The first-order valence-corrected chi connectivity index (χ1v) is 26.4. The first-order chi connectivity index (χ1) is 31.7. The molecule has 65 heavy (non-hydrogen) atoms. The molecule has 0 aromatic rings. The fraction of sp³-hybridized carbons (Fsp3) is 0.815. The number of amides is 1. The Hall–Kier alpha value is -2.38. The molecule has 0 bridgehead atoms. The number of nitrogens with one attached hydrogen (secondary N) is 1. The van der Waals surface area contributed by atoms with Crippen LogP contribution in [0.15, 0.2) is 48.6 Å². The van der Waals surface area contributed by atoms with E-state index in [0.717, 1.165) is 83.5 Å². The highest BCUT2D eigenvalue weighted by molar-refractivity contribution is 5.76. The van der Waals surface area contributed by atoms with Crippen LogP contribution in [0.1, 0.15) is 219 Å². The average molecular weight is 920 g/mol. The van der Waals surface area contributed by atoms with Crippen molar-refractivity contribution in [3.8, 4) is 0 Å². The van der Waals surface area contributed by atoms with Gasteiger partial charge in [0.25, 0.3) is 0 Å². The van der Waals surface area contributed by atoms with E-state index in [4.69, 9.17) is 14.2 Å². The highest BCUT2D eigenvalue weighted by Gasteiger charge is 2.44. The molecule has 1 aliphatic heterocycles. The number of unbranched alkanes of at least 4 members (excludes halogenated alkanes) is 24. The molecule has 1 saturated heterocycles. The van der Waals surface area contributed by atoms with Crippen molar-refractivity contribution < 1.29 is 49.3 Å². The zero-order chi connectivity index (χ0) is 47.4. The van der Waals surface area contributed by atoms with Crippen molar-refractivity contribution in [1.29, 1.82) is 0 Å². The number of esters is 1. The molecule has 7 unspecified atom stereocenters. The zero-order valence-corrected chi connectivity index (χ0v) is 41.2. The van der Waals surface area contributed by atoms with Crippen LogP contribution in [-0.2, 0) is 23.8 Å². The van der Waals surface area contributed by atoms with Crippen molar-refractivity contribution in [3.63, 3.8) is 0 Å². The Balaban J connectivity index is 2.14. The maximum Gasteiger partial charge on any atom is 0.305 e. The number of rotatable bonds is 44. The molecule has 0 saturated carbocycles. The van der Waals surface area contributed by atoms with Crippen LogP contribution in [0.25, 0.3) is 0 Å². The summed E-state index contributed by atoms with van der Waals surface area (Å²) in [6.45, 7) is 4.19. The molecule has 0 radical (unpaired) electrons. The molecule has 1 aliphatic rings. The van der Waals surface area contributed by atoms with Gasteiger partial charge < -0.3 is 45.1 Å². The standard InChI is InChI=1S/C54H97NO10/c1-3-5-7-9-11-13-14-15-16-19-22-26-30-34-38-42-50(59)63-43-39-35-31-27-23-20-17-18-21-25-29-33-37-41-49(58)55-46(47(57)40-36-32-28-24-12-10-8-6-4-2)45-64-54-53(62)52(61)51(60)48(44-56)65-54/h11,13,15-16,18,21,36,40,46-48,51-54,56-57,60-62H,3-10,12,14,17,19-20,22-35,37-39,41-45H2,1-2H3,(H,55,58)/b13-11-,16-15-,21-18-,40-36+. The number of hydrogen-bond acceptors (Lipinski definition) is 10. The van der Waals surface area contributed by atoms with Gasteiger partial charge in [-0.15, -0.1) is 0 Å². The maximum absolute atomic E-state index is 12.9. The fourth-order valence-corrected chi connectivity index (χ4v) is 7.87. The van der Waals surface area contributed by atoms with Gasteiger partial charge in [0, 0.05) is 12.8 Å². The van der Waals surface area contributed by atoms with Gasteiger partial charge in [0.1, 0.15) is 24.4 Å². The van der Waals surface area contributed by atoms with E-state index in [-0.39, 0.29) is 18.5 Å². The lowest BCUT2D eigenvalue weighted by molar-refractivity contribution is -0.302. The van der Waals surface area contributed by atoms with Crippen LogP contribution in [0.5, 0.6) is 0 Å². The quantitative estimate of drug-likeness (QED) is 0.0196. The van der Waals surface area contributed by atoms with E-state index < -0.39 is 49.5 Å². The summed E-state index contributed by atoms with van der Waals surface area (Å²) in [6.07, 6.45) is 43.4. The highest BCUT2D eigenvalue weighted by Crippen LogP contribution is 2.22. The van der Waals surface area contributed by atoms with Crippen LogP contribution >= 0.6 is 0 Å². The number of carbonyl (C=O) groups is 2. The van der Waals surface area contributed by atoms with Crippen molar-refractivity contribution in [2.75, 3.05) is 19.8 Å². The number of carbonyl (C=O) groups excluding carboxylic acids is 2. The molecule has 11 nitrogen and oxygen atoms in total. The first-order valence-electron chi connectivity index (χ1n) is 26.4. The van der Waals surface area contributed by atoms with Crippen LogP contribution in [0, 0.1) is 0 Å². The van der Waals surface area contributed by atoms with Crippen molar-refractivity contribution in [2.24, 2.45) is 0 Å². The number of hydrogen-bond donors (Lipinski definition) is 6. The molecule has 1 heterocycles. The monoisotopic (exact) mass is 920 g/mol. The minimum absolute atomic E-state index is 0.0501. The molecule has 1 amide bonds. The second-order valence-electron chi connectivity index (χ2n) is 18.2. The van der Waals surface area contributed by atoms with Gasteiger partial charge in [-0.25, -0.2) is 0 Å². The van der Waals surface area contributed by atoms with Gasteiger partial charge >= 0.3 is 5.97 Å². The Labute approximate surface area is 396 Å². The second-order valence-corrected chi connectivity index (χ2v) is 18.2. The molecule has 1 fully saturated rings. The van der Waals surface area contributed by atoms with Gasteiger partial charge in [-0.1, -0.05) is 165 Å². The van der Waals surface area contributed by atoms with E-state index >= 15 is 0 Å². The molecule has 378 valence electrons. The summed E-state index contributed by atoms with van der Waals surface area (Å²) < 4.78 is 16.6. The van der Waals surface area contributed by atoms with Crippen molar-refractivity contribution in [1.82, 2.24) is 5.32 Å². The van der Waals surface area contributed by atoms with Crippen LogP contribution < -0.4 is 5.32 Å². The Kier molecular flexibility index (Phi) is 41.2. The van der Waals surface area contributed by atoms with Gasteiger partial charge in [0.2, 0.25) is 5.91 Å². The zero-order valence-electron chi connectivity index (χ0n) is 41.2. The predicted octanol–water partition coefficient (Wildman–Crippen LogP) is 10.9. The van der Waals surface area contributed by atoms with E-state index in [1.807, 2.05) is 6.08 Å². The molecule has 11 heteroatoms. The molecule has 0 spiro atoms. The summed E-state index contributed by atoms with van der Waals surface area (Å²) in [5, 5.41) is 54.1. The lowest BCUT2D eigenvalue weighted by Crippen LogP contribution is -2.60. The Bertz CT molecular complexity index is 1220. The van der Waals surface area contributed by atoms with Gasteiger partial charge in [-0.2, -0.15) is 0 Å². The molecular weight excluding hydrogens is 823 g/mol. The number of ether oxygens (including phenoxy) is 3. The van der Waals surface area contributed by atoms with Crippen LogP contribution in [0.4, 0.5) is 0 Å². The molecular formula is C54H97NO10. The molecule has 6 N–H and O–H groups in total. The third-order valence-electron chi connectivity index (χ3n) is 12.2. The summed E-state index contributed by atoms with van der Waals surface area (Å²) in [6, 6.07) is -0.830. The van der Waals surface area contributed by atoms with Crippen LogP contribution in [0.2, 0.25) is 0 Å². The Morgan fingerprint density at radius 1 is 0.569 bits per heavy atom. The molecule has 0 aromatic carbocycles. The molecule has 0 aromatic heterocycles. The minimum atomic E-state index is -1.58. The van der Waals surface area contributed by atoms with E-state index in [2.05, 4.69) is 55.6 Å². The smallest absolute Gasteiger partial charge is 0.305 e. The van der Waals surface area contributed by atoms with E-state index in [1.165, 1.54) is 103 Å². The number of aliphatic hydroxyl groups is 5. The summed E-state index contributed by atoms with van der Waals surface area (Å²) >= 11 is 0. The largest absolute Gasteiger partial charge is 0.466 e. The topological polar surface area (TPSA) is 175 Å². The van der Waals surface area contributed by atoms with Gasteiger partial charge in [-0.05, 0) is 89.9 Å². The molecule has 7 atom stereocenters. The van der Waals surface area contributed by atoms with E-state index in [1.54, 1.807) is 6.08 Å².